The molecule has 0 aliphatic heterocycles. The Morgan fingerprint density at radius 3 is 2.28 bits per heavy atom. The Labute approximate surface area is 117 Å². The van der Waals surface area contributed by atoms with Gasteiger partial charge in [-0.2, -0.15) is 0 Å². The van der Waals surface area contributed by atoms with Crippen molar-refractivity contribution in [1.82, 2.24) is 9.97 Å². The van der Waals surface area contributed by atoms with Gasteiger partial charge < -0.3 is 0 Å². The summed E-state index contributed by atoms with van der Waals surface area (Å²) in [7, 11) is 0. The number of aromatic nitrogens is 2. The van der Waals surface area contributed by atoms with Gasteiger partial charge in [0.1, 0.15) is 5.15 Å². The second-order valence-electron chi connectivity index (χ2n) is 5.46. The van der Waals surface area contributed by atoms with Gasteiger partial charge in [0.05, 0.1) is 4.88 Å². The van der Waals surface area contributed by atoms with Crippen LogP contribution < -0.4 is 0 Å². The van der Waals surface area contributed by atoms with Gasteiger partial charge in [-0.3, -0.25) is 0 Å². The zero-order valence-corrected chi connectivity index (χ0v) is 12.9. The standard InChI is InChI=1S/C14H17ClN2S/c1-8-9(2)16-13(17-12(8)15)10-6-7-11(18-10)14(3,4)5/h6-7H,1-5H3. The van der Waals surface area contributed by atoms with Crippen molar-refractivity contribution < 1.29 is 0 Å². The van der Waals surface area contributed by atoms with Crippen LogP contribution in [0.1, 0.15) is 36.9 Å². The first-order valence-corrected chi connectivity index (χ1v) is 7.10. The van der Waals surface area contributed by atoms with Crippen LogP contribution in [-0.2, 0) is 5.41 Å². The molecule has 0 fully saturated rings. The Kier molecular flexibility index (Phi) is 3.47. The summed E-state index contributed by atoms with van der Waals surface area (Å²) in [5, 5.41) is 0.545. The lowest BCUT2D eigenvalue weighted by atomic mass is 9.95. The van der Waals surface area contributed by atoms with E-state index in [-0.39, 0.29) is 5.41 Å². The Bertz CT molecular complexity index is 559. The topological polar surface area (TPSA) is 25.8 Å². The zero-order valence-electron chi connectivity index (χ0n) is 11.3. The lowest BCUT2D eigenvalue weighted by Gasteiger charge is -2.15. The minimum absolute atomic E-state index is 0.159. The second-order valence-corrected chi connectivity index (χ2v) is 6.90. The Hall–Kier alpha value is -0.930. The third kappa shape index (κ3) is 2.57. The number of thiophene rings is 1. The van der Waals surface area contributed by atoms with Gasteiger partial charge in [-0.05, 0) is 31.4 Å². The van der Waals surface area contributed by atoms with E-state index < -0.39 is 0 Å². The fraction of sp³-hybridized carbons (Fsp3) is 0.429. The molecule has 0 saturated heterocycles. The number of rotatable bonds is 1. The summed E-state index contributed by atoms with van der Waals surface area (Å²) >= 11 is 7.85. The predicted molar refractivity (Wildman–Crippen MR) is 78.5 cm³/mol. The number of halogens is 1. The average Bonchev–Trinajstić information content (AvgIpc) is 2.73. The average molecular weight is 281 g/mol. The zero-order chi connectivity index (χ0) is 13.5. The first-order chi connectivity index (χ1) is 8.29. The summed E-state index contributed by atoms with van der Waals surface area (Å²) in [6.45, 7) is 10.5. The van der Waals surface area contributed by atoms with Gasteiger partial charge >= 0.3 is 0 Å². The number of hydrogen-bond acceptors (Lipinski definition) is 3. The van der Waals surface area contributed by atoms with Crippen molar-refractivity contribution in [2.45, 2.75) is 40.0 Å². The summed E-state index contributed by atoms with van der Waals surface area (Å²) < 4.78 is 0. The number of hydrogen-bond donors (Lipinski definition) is 0. The predicted octanol–water partition coefficient (Wildman–Crippen LogP) is 4.77. The molecule has 0 spiro atoms. The Balaban J connectivity index is 2.47. The van der Waals surface area contributed by atoms with Gasteiger partial charge in [0.2, 0.25) is 0 Å². The molecule has 0 aliphatic rings. The summed E-state index contributed by atoms with van der Waals surface area (Å²) in [5.41, 5.74) is 2.05. The fourth-order valence-corrected chi connectivity index (χ4v) is 2.78. The first-order valence-electron chi connectivity index (χ1n) is 5.90. The molecular weight excluding hydrogens is 264 g/mol. The van der Waals surface area contributed by atoms with E-state index in [2.05, 4.69) is 42.9 Å². The summed E-state index contributed by atoms with van der Waals surface area (Å²) in [6.07, 6.45) is 0. The van der Waals surface area contributed by atoms with E-state index in [1.807, 2.05) is 13.8 Å². The maximum Gasteiger partial charge on any atom is 0.171 e. The lowest BCUT2D eigenvalue weighted by molar-refractivity contribution is 0.604. The number of nitrogens with zero attached hydrogens (tertiary/aromatic N) is 2. The molecule has 0 bridgehead atoms. The highest BCUT2D eigenvalue weighted by molar-refractivity contribution is 7.15. The molecule has 18 heavy (non-hydrogen) atoms. The molecule has 0 unspecified atom stereocenters. The molecule has 0 amide bonds. The highest BCUT2D eigenvalue weighted by Crippen LogP contribution is 2.34. The molecule has 0 atom stereocenters. The van der Waals surface area contributed by atoms with Gasteiger partial charge in [-0.1, -0.05) is 32.4 Å². The SMILES string of the molecule is Cc1nc(-c2ccc(C(C)(C)C)s2)nc(Cl)c1C. The van der Waals surface area contributed by atoms with Gasteiger partial charge in [0.25, 0.3) is 0 Å². The maximum absolute atomic E-state index is 6.12. The first kappa shape index (κ1) is 13.5. The molecule has 0 radical (unpaired) electrons. The van der Waals surface area contributed by atoms with Crippen LogP contribution in [0.5, 0.6) is 0 Å². The van der Waals surface area contributed by atoms with Crippen LogP contribution in [0.25, 0.3) is 10.7 Å². The molecule has 0 aliphatic carbocycles. The van der Waals surface area contributed by atoms with Crippen molar-refractivity contribution >= 4 is 22.9 Å². The van der Waals surface area contributed by atoms with E-state index in [0.717, 1.165) is 22.0 Å². The molecule has 2 aromatic rings. The third-order valence-electron chi connectivity index (χ3n) is 2.90. The van der Waals surface area contributed by atoms with Crippen molar-refractivity contribution in [3.8, 4) is 10.7 Å². The molecule has 2 aromatic heterocycles. The molecular formula is C14H17ClN2S. The smallest absolute Gasteiger partial charge is 0.171 e. The third-order valence-corrected chi connectivity index (χ3v) is 4.77. The second kappa shape index (κ2) is 4.63. The molecule has 2 heterocycles. The van der Waals surface area contributed by atoms with E-state index in [9.17, 15) is 0 Å². The minimum atomic E-state index is 0.159. The van der Waals surface area contributed by atoms with Crippen molar-refractivity contribution in [3.05, 3.63) is 33.4 Å². The Morgan fingerprint density at radius 1 is 1.11 bits per heavy atom. The van der Waals surface area contributed by atoms with E-state index in [1.54, 1.807) is 11.3 Å². The molecule has 2 rings (SSSR count). The van der Waals surface area contributed by atoms with Crippen molar-refractivity contribution in [1.29, 1.82) is 0 Å². The monoisotopic (exact) mass is 280 g/mol. The molecule has 0 saturated carbocycles. The van der Waals surface area contributed by atoms with Crippen LogP contribution in [-0.4, -0.2) is 9.97 Å². The summed E-state index contributed by atoms with van der Waals surface area (Å²) in [6, 6.07) is 4.22. The molecule has 2 nitrogen and oxygen atoms in total. The van der Waals surface area contributed by atoms with E-state index >= 15 is 0 Å². The number of aryl methyl sites for hydroxylation is 1. The fourth-order valence-electron chi connectivity index (χ4n) is 1.57. The highest BCUT2D eigenvalue weighted by Gasteiger charge is 2.18. The van der Waals surface area contributed by atoms with Crippen molar-refractivity contribution in [2.24, 2.45) is 0 Å². The molecule has 0 aromatic carbocycles. The van der Waals surface area contributed by atoms with Crippen molar-refractivity contribution in [3.63, 3.8) is 0 Å². The van der Waals surface area contributed by atoms with E-state index in [0.29, 0.717) is 5.15 Å². The van der Waals surface area contributed by atoms with Crippen LogP contribution in [0.2, 0.25) is 5.15 Å². The highest BCUT2D eigenvalue weighted by atomic mass is 35.5. The Morgan fingerprint density at radius 2 is 1.78 bits per heavy atom. The largest absolute Gasteiger partial charge is 0.232 e. The maximum atomic E-state index is 6.12. The van der Waals surface area contributed by atoms with E-state index in [1.165, 1.54) is 4.88 Å². The normalized spacial score (nSPS) is 11.9. The van der Waals surface area contributed by atoms with Crippen LogP contribution in [0.15, 0.2) is 12.1 Å². The van der Waals surface area contributed by atoms with Gasteiger partial charge in [0, 0.05) is 16.1 Å². The molecule has 4 heteroatoms. The van der Waals surface area contributed by atoms with Crippen molar-refractivity contribution in [2.75, 3.05) is 0 Å². The van der Waals surface area contributed by atoms with Crippen LogP contribution in [0, 0.1) is 13.8 Å². The minimum Gasteiger partial charge on any atom is -0.232 e. The summed E-state index contributed by atoms with van der Waals surface area (Å²) in [4.78, 5) is 11.3. The van der Waals surface area contributed by atoms with Gasteiger partial charge in [0.15, 0.2) is 5.82 Å². The van der Waals surface area contributed by atoms with E-state index in [4.69, 9.17) is 11.6 Å². The lowest BCUT2D eigenvalue weighted by Crippen LogP contribution is -2.07. The molecule has 0 N–H and O–H groups in total. The summed E-state index contributed by atoms with van der Waals surface area (Å²) in [5.74, 6) is 0.726. The van der Waals surface area contributed by atoms with Gasteiger partial charge in [-0.15, -0.1) is 11.3 Å². The quantitative estimate of drug-likeness (QED) is 0.703. The van der Waals surface area contributed by atoms with Crippen LogP contribution in [0.3, 0.4) is 0 Å². The van der Waals surface area contributed by atoms with Crippen LogP contribution in [0.4, 0.5) is 0 Å². The molecule has 96 valence electrons. The van der Waals surface area contributed by atoms with Crippen LogP contribution >= 0.6 is 22.9 Å². The van der Waals surface area contributed by atoms with Gasteiger partial charge in [-0.25, -0.2) is 9.97 Å².